The second-order valence-corrected chi connectivity index (χ2v) is 7.33. The molecule has 0 saturated carbocycles. The topological polar surface area (TPSA) is 89.8 Å². The van der Waals surface area contributed by atoms with Crippen LogP contribution in [-0.2, 0) is 12.8 Å². The van der Waals surface area contributed by atoms with Crippen LogP contribution >= 0.6 is 0 Å². The first-order chi connectivity index (χ1) is 15.1. The molecule has 3 N–H and O–H groups in total. The van der Waals surface area contributed by atoms with Crippen molar-refractivity contribution in [2.24, 2.45) is 0 Å². The lowest BCUT2D eigenvalue weighted by Gasteiger charge is -2.14. The lowest BCUT2D eigenvalue weighted by Crippen LogP contribution is -2.18. The summed E-state index contributed by atoms with van der Waals surface area (Å²) in [7, 11) is 0. The van der Waals surface area contributed by atoms with Crippen molar-refractivity contribution < 1.29 is 8.81 Å². The van der Waals surface area contributed by atoms with Gasteiger partial charge >= 0.3 is 0 Å². The molecule has 2 aliphatic heterocycles. The number of furan rings is 1. The van der Waals surface area contributed by atoms with E-state index in [-0.39, 0.29) is 23.2 Å². The van der Waals surface area contributed by atoms with Crippen LogP contribution in [0.5, 0.6) is 0 Å². The number of rotatable bonds is 5. The summed E-state index contributed by atoms with van der Waals surface area (Å²) in [5.41, 5.74) is 8.38. The Morgan fingerprint density at radius 1 is 1.03 bits per heavy atom. The Morgan fingerprint density at radius 3 is 2.65 bits per heavy atom. The normalized spacial score (nSPS) is 11.3. The predicted molar refractivity (Wildman–Crippen MR) is 116 cm³/mol. The third kappa shape index (κ3) is 3.50. The number of nitrogens with zero attached hydrogens (tertiary/aromatic N) is 2. The quantitative estimate of drug-likeness (QED) is 0.423. The molecule has 0 fully saturated rings. The van der Waals surface area contributed by atoms with Gasteiger partial charge in [0, 0.05) is 18.2 Å². The number of aromatic amines is 1. The van der Waals surface area contributed by atoms with Gasteiger partial charge in [0.25, 0.3) is 5.56 Å². The molecule has 0 atom stereocenters. The summed E-state index contributed by atoms with van der Waals surface area (Å²) < 4.78 is 21.6. The number of fused-ring (bicyclic) bond motifs is 1. The summed E-state index contributed by atoms with van der Waals surface area (Å²) >= 11 is 0. The summed E-state index contributed by atoms with van der Waals surface area (Å²) in [4.78, 5) is 21.0. The van der Waals surface area contributed by atoms with Crippen molar-refractivity contribution in [1.82, 2.24) is 14.5 Å². The Balaban J connectivity index is 1.69. The molecule has 0 aliphatic carbocycles. The maximum Gasteiger partial charge on any atom is 0.278 e. The SMILES string of the molecule is Nc1cccc(-c2cn3c(=O)c(Cc4ccco4)nc-3c(Cc3ccccc3)[nH]2)c1F. The highest BCUT2D eigenvalue weighted by Gasteiger charge is 2.22. The van der Waals surface area contributed by atoms with E-state index in [4.69, 9.17) is 10.2 Å². The Morgan fingerprint density at radius 2 is 1.87 bits per heavy atom. The van der Waals surface area contributed by atoms with Gasteiger partial charge in [-0.2, -0.15) is 0 Å². The maximum absolute atomic E-state index is 14.7. The van der Waals surface area contributed by atoms with Gasteiger partial charge in [-0.25, -0.2) is 9.37 Å². The second-order valence-electron chi connectivity index (χ2n) is 7.33. The molecule has 0 bridgehead atoms. The Bertz CT molecular complexity index is 1370. The molecule has 3 heterocycles. The van der Waals surface area contributed by atoms with E-state index in [0.29, 0.717) is 35.1 Å². The molecule has 0 unspecified atom stereocenters. The average Bonchev–Trinajstić information content (AvgIpc) is 3.40. The fraction of sp³-hybridized carbons (Fsp3) is 0.0833. The van der Waals surface area contributed by atoms with E-state index in [2.05, 4.69) is 9.97 Å². The molecule has 7 heteroatoms. The zero-order chi connectivity index (χ0) is 21.4. The molecule has 0 saturated heterocycles. The number of halogens is 1. The van der Waals surface area contributed by atoms with Gasteiger partial charge in [0.15, 0.2) is 11.6 Å². The van der Waals surface area contributed by atoms with Crippen molar-refractivity contribution in [2.45, 2.75) is 12.8 Å². The van der Waals surface area contributed by atoms with Gasteiger partial charge in [0.1, 0.15) is 11.5 Å². The fourth-order valence-electron chi connectivity index (χ4n) is 3.69. The average molecular weight is 414 g/mol. The minimum Gasteiger partial charge on any atom is -0.469 e. The molecular formula is C24H19FN4O2. The smallest absolute Gasteiger partial charge is 0.278 e. The van der Waals surface area contributed by atoms with Crippen LogP contribution in [0, 0.1) is 5.82 Å². The third-order valence-corrected chi connectivity index (χ3v) is 5.21. The molecule has 5 rings (SSSR count). The van der Waals surface area contributed by atoms with Crippen molar-refractivity contribution >= 4 is 5.69 Å². The lowest BCUT2D eigenvalue weighted by molar-refractivity contribution is 0.519. The number of anilines is 1. The first-order valence-electron chi connectivity index (χ1n) is 9.84. The number of hydrogen-bond acceptors (Lipinski definition) is 4. The number of imidazole rings is 1. The van der Waals surface area contributed by atoms with Gasteiger partial charge in [0.05, 0.1) is 29.8 Å². The Labute approximate surface area is 177 Å². The van der Waals surface area contributed by atoms with Crippen LogP contribution in [0.3, 0.4) is 0 Å². The lowest BCUT2D eigenvalue weighted by atomic mass is 10.1. The zero-order valence-electron chi connectivity index (χ0n) is 16.5. The van der Waals surface area contributed by atoms with Gasteiger partial charge in [0.2, 0.25) is 0 Å². The molecular weight excluding hydrogens is 395 g/mol. The maximum atomic E-state index is 14.7. The first kappa shape index (κ1) is 18.9. The van der Waals surface area contributed by atoms with E-state index in [1.807, 2.05) is 30.3 Å². The molecule has 0 spiro atoms. The second kappa shape index (κ2) is 7.60. The van der Waals surface area contributed by atoms with Crippen LogP contribution in [0.2, 0.25) is 0 Å². The van der Waals surface area contributed by atoms with E-state index in [1.165, 1.54) is 10.6 Å². The summed E-state index contributed by atoms with van der Waals surface area (Å²) in [6.45, 7) is 0. The molecule has 3 aromatic rings. The van der Waals surface area contributed by atoms with Crippen LogP contribution in [0.25, 0.3) is 17.1 Å². The Kier molecular flexibility index (Phi) is 4.63. The number of nitrogens with one attached hydrogen (secondary N) is 1. The van der Waals surface area contributed by atoms with E-state index in [9.17, 15) is 9.18 Å². The van der Waals surface area contributed by atoms with E-state index in [0.717, 1.165) is 5.56 Å². The van der Waals surface area contributed by atoms with Gasteiger partial charge in [-0.15, -0.1) is 0 Å². The van der Waals surface area contributed by atoms with Crippen molar-refractivity contribution in [3.63, 3.8) is 0 Å². The van der Waals surface area contributed by atoms with E-state index < -0.39 is 5.82 Å². The summed E-state index contributed by atoms with van der Waals surface area (Å²) in [5.74, 6) is 0.617. The third-order valence-electron chi connectivity index (χ3n) is 5.21. The highest BCUT2D eigenvalue weighted by atomic mass is 19.1. The van der Waals surface area contributed by atoms with Crippen LogP contribution in [-0.4, -0.2) is 14.5 Å². The summed E-state index contributed by atoms with van der Waals surface area (Å²) in [6.07, 6.45) is 3.91. The van der Waals surface area contributed by atoms with Gasteiger partial charge in [-0.1, -0.05) is 36.4 Å². The summed E-state index contributed by atoms with van der Waals surface area (Å²) in [6, 6.07) is 18.2. The molecule has 6 nitrogen and oxygen atoms in total. The van der Waals surface area contributed by atoms with Crippen molar-refractivity contribution in [3.8, 4) is 17.1 Å². The molecule has 2 aromatic carbocycles. The van der Waals surface area contributed by atoms with Gasteiger partial charge in [-0.05, 0) is 29.8 Å². The van der Waals surface area contributed by atoms with Crippen LogP contribution < -0.4 is 11.3 Å². The standard InChI is InChI=1S/C24H19FN4O2/c25-22-17(9-4-10-18(22)26)21-14-29-23(19(27-21)12-15-6-2-1-3-7-15)28-20(24(29)30)13-16-8-5-11-31-16/h1-11,14,27H,12-13,26H2. The first-order valence-corrected chi connectivity index (χ1v) is 9.84. The van der Waals surface area contributed by atoms with Gasteiger partial charge < -0.3 is 15.1 Å². The molecule has 31 heavy (non-hydrogen) atoms. The van der Waals surface area contributed by atoms with Crippen LogP contribution in [0.15, 0.2) is 82.3 Å². The number of nitrogens with two attached hydrogens (primary N) is 1. The summed E-state index contributed by atoms with van der Waals surface area (Å²) in [5, 5.41) is 0. The zero-order valence-corrected chi connectivity index (χ0v) is 16.5. The molecule has 0 radical (unpaired) electrons. The molecule has 0 amide bonds. The van der Waals surface area contributed by atoms with Crippen LogP contribution in [0.4, 0.5) is 10.1 Å². The minimum absolute atomic E-state index is 0.0436. The highest BCUT2D eigenvalue weighted by molar-refractivity contribution is 5.66. The fourth-order valence-corrected chi connectivity index (χ4v) is 3.69. The van der Waals surface area contributed by atoms with E-state index >= 15 is 0 Å². The molecule has 154 valence electrons. The monoisotopic (exact) mass is 414 g/mol. The van der Waals surface area contributed by atoms with Crippen molar-refractivity contribution in [2.75, 3.05) is 5.73 Å². The minimum atomic E-state index is -0.535. The molecule has 2 aliphatic rings. The Hall–Kier alpha value is -4.13. The predicted octanol–water partition coefficient (Wildman–Crippen LogP) is 4.16. The van der Waals surface area contributed by atoms with Crippen LogP contribution in [0.1, 0.15) is 22.7 Å². The number of hydrogen-bond donors (Lipinski definition) is 2. The number of aromatic nitrogens is 3. The van der Waals surface area contributed by atoms with E-state index in [1.54, 1.807) is 36.7 Å². The number of benzene rings is 2. The van der Waals surface area contributed by atoms with Crippen molar-refractivity contribution in [1.29, 1.82) is 0 Å². The van der Waals surface area contributed by atoms with Crippen molar-refractivity contribution in [3.05, 3.63) is 112 Å². The number of H-pyrrole nitrogens is 1. The largest absolute Gasteiger partial charge is 0.469 e. The van der Waals surface area contributed by atoms with Gasteiger partial charge in [-0.3, -0.25) is 9.36 Å². The molecule has 1 aromatic heterocycles. The number of nitrogen functional groups attached to an aromatic ring is 1. The highest BCUT2D eigenvalue weighted by Crippen LogP contribution is 2.27.